The summed E-state index contributed by atoms with van der Waals surface area (Å²) in [7, 11) is -8.43. The van der Waals surface area contributed by atoms with E-state index in [1.807, 2.05) is 43.0 Å². The van der Waals surface area contributed by atoms with E-state index in [1.165, 1.54) is 27.0 Å². The van der Waals surface area contributed by atoms with Crippen LogP contribution in [0, 0.1) is 13.8 Å². The van der Waals surface area contributed by atoms with Crippen molar-refractivity contribution in [2.75, 3.05) is 53.7 Å². The van der Waals surface area contributed by atoms with E-state index in [1.54, 1.807) is 38.4 Å². The Morgan fingerprint density at radius 2 is 1.13 bits per heavy atom. The SMILES string of the molecule is CC(=O)N[C@@H]1CCN(c2cc3c(N[C@H](C)c4cccc(S(F)(F)(F)(F)F)c4)nc(C)nc3cn2)C1.COC(=O)c1cccc([C@@H](C)Nc2nc(C)nc3cnc(N4CC[C@@H](NC(C)=O)C4)cc23)c1. The van der Waals surface area contributed by atoms with Gasteiger partial charge in [0.15, 0.2) is 0 Å². The molecular formula is C46H53F5N12O4S. The Kier molecular flexibility index (Phi) is 13.4. The van der Waals surface area contributed by atoms with Gasteiger partial charge in [0.1, 0.15) is 39.8 Å². The maximum Gasteiger partial charge on any atom is 0.337 e. The maximum atomic E-state index is 13.3. The Balaban J connectivity index is 0.000000202. The van der Waals surface area contributed by atoms with E-state index in [0.717, 1.165) is 47.7 Å². The molecule has 4 atom stereocenters. The lowest BCUT2D eigenvalue weighted by Crippen LogP contribution is -2.35. The predicted molar refractivity (Wildman–Crippen MR) is 253 cm³/mol. The average molecular weight is 965 g/mol. The summed E-state index contributed by atoms with van der Waals surface area (Å²) in [6.07, 6.45) is 4.98. The molecule has 0 bridgehead atoms. The molecule has 68 heavy (non-hydrogen) atoms. The number of methoxy groups -OCH3 is 1. The van der Waals surface area contributed by atoms with E-state index in [0.29, 0.717) is 77.3 Å². The number of aryl methyl sites for hydroxylation is 2. The van der Waals surface area contributed by atoms with Gasteiger partial charge in [0.2, 0.25) is 11.8 Å². The number of pyridine rings is 2. The van der Waals surface area contributed by atoms with E-state index in [2.05, 4.69) is 56.1 Å². The molecule has 362 valence electrons. The number of nitrogens with zero attached hydrogens (tertiary/aromatic N) is 8. The van der Waals surface area contributed by atoms with E-state index in [4.69, 9.17) is 4.74 Å². The molecule has 16 nitrogen and oxygen atoms in total. The van der Waals surface area contributed by atoms with Gasteiger partial charge in [-0.25, -0.2) is 34.7 Å². The van der Waals surface area contributed by atoms with Crippen molar-refractivity contribution in [1.82, 2.24) is 40.5 Å². The van der Waals surface area contributed by atoms with E-state index >= 15 is 0 Å². The lowest BCUT2D eigenvalue weighted by molar-refractivity contribution is -0.120. The van der Waals surface area contributed by atoms with Crippen LogP contribution in [0.3, 0.4) is 0 Å². The summed E-state index contributed by atoms with van der Waals surface area (Å²) in [5.74, 6) is 3.06. The first-order valence-electron chi connectivity index (χ1n) is 21.8. The number of esters is 1. The van der Waals surface area contributed by atoms with Gasteiger partial charge in [0.25, 0.3) is 0 Å². The molecule has 0 radical (unpaired) electrons. The number of fused-ring (bicyclic) bond motifs is 2. The highest BCUT2D eigenvalue weighted by Gasteiger charge is 2.65. The van der Waals surface area contributed by atoms with E-state index in [-0.39, 0.29) is 41.5 Å². The van der Waals surface area contributed by atoms with Crippen molar-refractivity contribution in [1.29, 1.82) is 0 Å². The van der Waals surface area contributed by atoms with Crippen LogP contribution < -0.4 is 31.1 Å². The van der Waals surface area contributed by atoms with Gasteiger partial charge in [-0.05, 0) is 88.1 Å². The Hall–Kier alpha value is -6.97. The van der Waals surface area contributed by atoms with Crippen LogP contribution in [-0.2, 0) is 14.3 Å². The minimum absolute atomic E-state index is 0.00148. The Morgan fingerprint density at radius 1 is 0.676 bits per heavy atom. The molecule has 22 heteroatoms. The number of benzene rings is 2. The summed E-state index contributed by atoms with van der Waals surface area (Å²) in [5.41, 5.74) is 2.75. The van der Waals surface area contributed by atoms with Crippen molar-refractivity contribution < 1.29 is 38.5 Å². The van der Waals surface area contributed by atoms with Crippen LogP contribution in [-0.4, -0.2) is 93.1 Å². The summed E-state index contributed by atoms with van der Waals surface area (Å²) in [5, 5.41) is 13.8. The van der Waals surface area contributed by atoms with Crippen LogP contribution in [0.15, 0.2) is 78.0 Å². The van der Waals surface area contributed by atoms with Gasteiger partial charge >= 0.3 is 16.2 Å². The minimum Gasteiger partial charge on any atom is -0.465 e. The monoisotopic (exact) mass is 964 g/mol. The molecule has 4 aromatic heterocycles. The van der Waals surface area contributed by atoms with Crippen LogP contribution in [0.25, 0.3) is 21.8 Å². The number of carbonyl (C=O) groups is 3. The molecule has 0 unspecified atom stereocenters. The molecule has 2 amide bonds. The normalized spacial score (nSPS) is 17.9. The average Bonchev–Trinajstić information content (AvgIpc) is 3.94. The summed E-state index contributed by atoms with van der Waals surface area (Å²) in [6, 6.07) is 13.5. The third kappa shape index (κ3) is 11.9. The predicted octanol–water partition coefficient (Wildman–Crippen LogP) is 8.89. The number of carbonyl (C=O) groups excluding carboxylic acids is 3. The molecule has 2 saturated heterocycles. The largest absolute Gasteiger partial charge is 0.465 e. The van der Waals surface area contributed by atoms with Gasteiger partial charge in [0.05, 0.1) is 42.1 Å². The van der Waals surface area contributed by atoms with Gasteiger partial charge in [0, 0.05) is 68.9 Å². The number of ether oxygens (including phenoxy) is 1. The van der Waals surface area contributed by atoms with Gasteiger partial charge in [-0.2, -0.15) is 0 Å². The van der Waals surface area contributed by atoms with E-state index in [9.17, 15) is 33.8 Å². The highest BCUT2D eigenvalue weighted by molar-refractivity contribution is 8.45. The summed E-state index contributed by atoms with van der Waals surface area (Å²) in [6.45, 7) is 12.9. The number of aromatic nitrogens is 6. The zero-order chi connectivity index (χ0) is 49.2. The van der Waals surface area contributed by atoms with Crippen molar-refractivity contribution >= 4 is 73.1 Å². The topological polar surface area (TPSA) is 192 Å². The van der Waals surface area contributed by atoms with Crippen LogP contribution in [0.4, 0.5) is 42.7 Å². The second kappa shape index (κ2) is 18.6. The van der Waals surface area contributed by atoms with Crippen molar-refractivity contribution in [2.45, 2.75) is 83.4 Å². The first-order chi connectivity index (χ1) is 31.9. The van der Waals surface area contributed by atoms with Crippen molar-refractivity contribution in [3.05, 3.63) is 101 Å². The van der Waals surface area contributed by atoms with Crippen LogP contribution in [0.5, 0.6) is 0 Å². The molecule has 2 aliphatic rings. The summed E-state index contributed by atoms with van der Waals surface area (Å²) >= 11 is 0. The Labute approximate surface area is 389 Å². The number of hydrogen-bond donors (Lipinski definition) is 4. The minimum atomic E-state index is -9.80. The fraction of sp³-hybridized carbons (Fsp3) is 0.370. The second-order valence-electron chi connectivity index (χ2n) is 17.0. The summed E-state index contributed by atoms with van der Waals surface area (Å²) in [4.78, 5) is 63.9. The number of halogens is 5. The molecule has 6 heterocycles. The highest BCUT2D eigenvalue weighted by Crippen LogP contribution is 3.02. The number of rotatable bonds is 12. The highest BCUT2D eigenvalue weighted by atomic mass is 32.5. The van der Waals surface area contributed by atoms with Crippen molar-refractivity contribution in [2.24, 2.45) is 0 Å². The quantitative estimate of drug-likeness (QED) is 0.0671. The van der Waals surface area contributed by atoms with E-state index < -0.39 is 21.2 Å². The van der Waals surface area contributed by atoms with Gasteiger partial charge in [-0.1, -0.05) is 43.7 Å². The third-order valence-electron chi connectivity index (χ3n) is 11.5. The zero-order valence-electron chi connectivity index (χ0n) is 38.5. The second-order valence-corrected chi connectivity index (χ2v) is 19.4. The fourth-order valence-electron chi connectivity index (χ4n) is 8.24. The molecule has 0 aliphatic carbocycles. The molecule has 2 fully saturated rings. The fourth-order valence-corrected chi connectivity index (χ4v) is 8.94. The molecule has 6 aromatic rings. The maximum absolute atomic E-state index is 13.3. The summed E-state index contributed by atoms with van der Waals surface area (Å²) < 4.78 is 71.3. The first-order valence-corrected chi connectivity index (χ1v) is 23.8. The standard InChI is InChI=1S/C24H28N6O3.C22H25F5N6OS/c1-14(17-6-5-7-18(10-17)24(32)33-4)26-23-20-11-22(25-12-21(20)27-15(2)28-23)30-9-8-19(13-30)29-16(3)31;1-13(16-5-4-6-18(9-16)35(23,24,25,26)27)29-22-19-10-21(28-11-20(19)30-14(2)31-22)33-8-7-17(12-33)32-15(3)34/h5-7,10-12,14,19H,8-9,13H2,1-4H3,(H,29,31)(H,26,27,28);4-6,9-11,13,17H,7-8,12H2,1-3H3,(H,32,34)(H,29,30,31)/t14-,19-;13-,17-/m11/s1. The number of anilines is 4. The third-order valence-corrected chi connectivity index (χ3v) is 12.7. The molecule has 8 rings (SSSR count). The molecular weight excluding hydrogens is 912 g/mol. The number of nitrogens with one attached hydrogen (secondary N) is 4. The number of amides is 2. The lowest BCUT2D eigenvalue weighted by Gasteiger charge is -2.40. The van der Waals surface area contributed by atoms with Crippen molar-refractivity contribution in [3.8, 4) is 0 Å². The molecule has 0 saturated carbocycles. The van der Waals surface area contributed by atoms with Gasteiger partial charge in [-0.3, -0.25) is 9.59 Å². The van der Waals surface area contributed by atoms with Crippen LogP contribution >= 0.6 is 10.2 Å². The Bertz CT molecular complexity index is 2900. The molecule has 2 aliphatic heterocycles. The van der Waals surface area contributed by atoms with Crippen molar-refractivity contribution in [3.63, 3.8) is 0 Å². The lowest BCUT2D eigenvalue weighted by atomic mass is 10.0. The molecule has 2 aromatic carbocycles. The Morgan fingerprint density at radius 3 is 1.57 bits per heavy atom. The van der Waals surface area contributed by atoms with Crippen LogP contribution in [0.1, 0.15) is 85.8 Å². The molecule has 0 spiro atoms. The van der Waals surface area contributed by atoms with Crippen LogP contribution in [0.2, 0.25) is 0 Å². The zero-order valence-corrected chi connectivity index (χ0v) is 39.3. The number of hydrogen-bond acceptors (Lipinski definition) is 14. The smallest absolute Gasteiger partial charge is 0.337 e. The van der Waals surface area contributed by atoms with Gasteiger partial charge in [-0.15, -0.1) is 0 Å². The molecule has 4 N–H and O–H groups in total. The van der Waals surface area contributed by atoms with Gasteiger partial charge < -0.3 is 35.8 Å². The first kappa shape index (κ1) is 48.9.